The number of carbonyl (C=O) groups excluding carboxylic acids is 2. The summed E-state index contributed by atoms with van der Waals surface area (Å²) in [7, 11) is 0. The van der Waals surface area contributed by atoms with E-state index in [0.717, 1.165) is 0 Å². The number of aliphatic hydroxyl groups excluding tert-OH is 4. The molecule has 0 rings (SSSR count). The fourth-order valence-electron chi connectivity index (χ4n) is 1.24. The molecule has 0 aromatic carbocycles. The van der Waals surface area contributed by atoms with E-state index in [1.165, 1.54) is 0 Å². The summed E-state index contributed by atoms with van der Waals surface area (Å²) in [5.41, 5.74) is 5.31. The van der Waals surface area contributed by atoms with Gasteiger partial charge in [0.15, 0.2) is 5.78 Å². The van der Waals surface area contributed by atoms with E-state index in [0.29, 0.717) is 6.42 Å². The average molecular weight is 249 g/mol. The molecule has 100 valence electrons. The van der Waals surface area contributed by atoms with Gasteiger partial charge in [-0.2, -0.15) is 0 Å². The molecule has 0 unspecified atom stereocenters. The molecule has 0 aromatic rings. The maximum Gasteiger partial charge on any atom is 0.217 e. The lowest BCUT2D eigenvalue weighted by Crippen LogP contribution is -2.54. The van der Waals surface area contributed by atoms with Crippen LogP contribution in [-0.2, 0) is 9.59 Å². The van der Waals surface area contributed by atoms with E-state index < -0.39 is 42.5 Å². The molecular weight excluding hydrogens is 230 g/mol. The minimum atomic E-state index is -1.80. The van der Waals surface area contributed by atoms with Crippen molar-refractivity contribution in [2.45, 2.75) is 44.1 Å². The van der Waals surface area contributed by atoms with Crippen LogP contribution >= 0.6 is 0 Å². The monoisotopic (exact) mass is 249 g/mol. The summed E-state index contributed by atoms with van der Waals surface area (Å²) in [6, 6.07) is -1.61. The van der Waals surface area contributed by atoms with Crippen molar-refractivity contribution in [3.63, 3.8) is 0 Å². The van der Waals surface area contributed by atoms with E-state index in [9.17, 15) is 19.8 Å². The summed E-state index contributed by atoms with van der Waals surface area (Å²) in [5.74, 6) is -1.73. The van der Waals surface area contributed by atoms with Crippen LogP contribution < -0.4 is 5.73 Å². The van der Waals surface area contributed by atoms with Gasteiger partial charge in [-0.05, 0) is 6.42 Å². The van der Waals surface area contributed by atoms with E-state index >= 15 is 0 Å². The highest BCUT2D eigenvalue weighted by molar-refractivity contribution is 6.39. The Kier molecular flexibility index (Phi) is 7.09. The Labute approximate surface area is 98.9 Å². The minimum Gasteiger partial charge on any atom is -0.394 e. The third kappa shape index (κ3) is 4.49. The molecule has 0 heterocycles. The number of hydrogen-bond donors (Lipinski definition) is 5. The van der Waals surface area contributed by atoms with Gasteiger partial charge in [0, 0.05) is 6.42 Å². The number of rotatable bonds is 8. The molecule has 0 aliphatic carbocycles. The van der Waals surface area contributed by atoms with Crippen molar-refractivity contribution in [1.29, 1.82) is 0 Å². The van der Waals surface area contributed by atoms with E-state index in [1.54, 1.807) is 6.92 Å². The number of hydrogen-bond acceptors (Lipinski definition) is 7. The van der Waals surface area contributed by atoms with Crippen LogP contribution in [-0.4, -0.2) is 63.0 Å². The van der Waals surface area contributed by atoms with Gasteiger partial charge >= 0.3 is 0 Å². The lowest BCUT2D eigenvalue weighted by molar-refractivity contribution is -0.142. The van der Waals surface area contributed by atoms with Crippen molar-refractivity contribution in [3.8, 4) is 0 Å². The van der Waals surface area contributed by atoms with Gasteiger partial charge in [0.1, 0.15) is 24.4 Å². The third-order valence-corrected chi connectivity index (χ3v) is 2.35. The van der Waals surface area contributed by atoms with Crippen LogP contribution in [0.4, 0.5) is 0 Å². The molecule has 0 saturated heterocycles. The summed E-state index contributed by atoms with van der Waals surface area (Å²) in [6.07, 6.45) is -4.73. The first-order valence-electron chi connectivity index (χ1n) is 5.34. The van der Waals surface area contributed by atoms with Gasteiger partial charge in [0.05, 0.1) is 6.61 Å². The van der Waals surface area contributed by atoms with Gasteiger partial charge in [-0.15, -0.1) is 0 Å². The van der Waals surface area contributed by atoms with Crippen LogP contribution in [0.25, 0.3) is 0 Å². The van der Waals surface area contributed by atoms with Crippen molar-refractivity contribution in [2.24, 2.45) is 5.73 Å². The van der Waals surface area contributed by atoms with Crippen LogP contribution in [0.2, 0.25) is 0 Å². The second kappa shape index (κ2) is 7.46. The highest BCUT2D eigenvalue weighted by Gasteiger charge is 2.35. The number of nitrogens with two attached hydrogens (primary N) is 1. The van der Waals surface area contributed by atoms with Crippen molar-refractivity contribution in [3.05, 3.63) is 0 Å². The molecule has 0 saturated carbocycles. The molecule has 6 N–H and O–H groups in total. The second-order valence-electron chi connectivity index (χ2n) is 3.79. The molecule has 7 heteroatoms. The molecule has 0 amide bonds. The Bertz CT molecular complexity index is 270. The van der Waals surface area contributed by atoms with Gasteiger partial charge in [-0.25, -0.2) is 0 Å². The molecule has 0 aliphatic rings. The molecule has 4 atom stereocenters. The van der Waals surface area contributed by atoms with Crippen molar-refractivity contribution in [2.75, 3.05) is 6.61 Å². The zero-order valence-corrected chi connectivity index (χ0v) is 9.61. The van der Waals surface area contributed by atoms with Crippen molar-refractivity contribution in [1.82, 2.24) is 0 Å². The first kappa shape index (κ1) is 16.1. The molecule has 17 heavy (non-hydrogen) atoms. The van der Waals surface area contributed by atoms with Crippen LogP contribution in [0.15, 0.2) is 0 Å². The lowest BCUT2D eigenvalue weighted by atomic mass is 9.95. The summed E-state index contributed by atoms with van der Waals surface area (Å²) in [4.78, 5) is 22.6. The summed E-state index contributed by atoms with van der Waals surface area (Å²) < 4.78 is 0. The van der Waals surface area contributed by atoms with E-state index in [4.69, 9.17) is 15.9 Å². The minimum absolute atomic E-state index is 0.0118. The first-order valence-corrected chi connectivity index (χ1v) is 5.34. The first-order chi connectivity index (χ1) is 7.86. The van der Waals surface area contributed by atoms with Gasteiger partial charge in [0.25, 0.3) is 0 Å². The quantitative estimate of drug-likeness (QED) is 0.295. The Morgan fingerprint density at radius 2 is 1.71 bits per heavy atom. The number of aliphatic hydroxyl groups is 4. The standard InChI is InChI=1S/C10H19NO6/c1-2-3-5(13)8(15)7(11)10(17)9(16)6(14)4-12/h6-7,9-10,12,14,16-17H,2-4,11H2,1H3/t6-,7+,9-,10-/m1/s1. The molecule has 7 nitrogen and oxygen atoms in total. The number of Topliss-reactive ketones (excluding diaryl/α,β-unsaturated/α-hetero) is 2. The maximum absolute atomic E-state index is 11.4. The highest BCUT2D eigenvalue weighted by atomic mass is 16.4. The Morgan fingerprint density at radius 1 is 1.18 bits per heavy atom. The summed E-state index contributed by atoms with van der Waals surface area (Å²) in [6.45, 7) is 0.916. The Balaban J connectivity index is 4.53. The molecule has 0 aromatic heterocycles. The zero-order valence-electron chi connectivity index (χ0n) is 9.61. The van der Waals surface area contributed by atoms with E-state index in [2.05, 4.69) is 0 Å². The molecule has 0 fully saturated rings. The topological polar surface area (TPSA) is 141 Å². The Morgan fingerprint density at radius 3 is 2.12 bits per heavy atom. The van der Waals surface area contributed by atoms with Crippen LogP contribution in [0, 0.1) is 0 Å². The smallest absolute Gasteiger partial charge is 0.217 e. The second-order valence-corrected chi connectivity index (χ2v) is 3.79. The van der Waals surface area contributed by atoms with Crippen molar-refractivity contribution >= 4 is 11.6 Å². The average Bonchev–Trinajstić information content (AvgIpc) is 2.34. The predicted octanol–water partition coefficient (Wildman–Crippen LogP) is -2.67. The molecule has 0 aliphatic heterocycles. The SMILES string of the molecule is CCCC(=O)C(=O)[C@H](N)[C@@H](O)[C@H](O)[C@H](O)CO. The van der Waals surface area contributed by atoms with Crippen LogP contribution in [0.5, 0.6) is 0 Å². The van der Waals surface area contributed by atoms with Crippen LogP contribution in [0.1, 0.15) is 19.8 Å². The van der Waals surface area contributed by atoms with Gasteiger partial charge in [-0.3, -0.25) is 9.59 Å². The molecule has 0 radical (unpaired) electrons. The number of ketones is 2. The molecule has 0 bridgehead atoms. The normalized spacial score (nSPS) is 18.2. The van der Waals surface area contributed by atoms with Crippen molar-refractivity contribution < 1.29 is 30.0 Å². The lowest BCUT2D eigenvalue weighted by Gasteiger charge is -2.25. The summed E-state index contributed by atoms with van der Waals surface area (Å²) in [5, 5.41) is 36.4. The van der Waals surface area contributed by atoms with Gasteiger partial charge in [0.2, 0.25) is 5.78 Å². The fourth-order valence-corrected chi connectivity index (χ4v) is 1.24. The third-order valence-electron chi connectivity index (χ3n) is 2.35. The largest absolute Gasteiger partial charge is 0.394 e. The zero-order chi connectivity index (χ0) is 13.6. The fraction of sp³-hybridized carbons (Fsp3) is 0.800. The van der Waals surface area contributed by atoms with E-state index in [1.807, 2.05) is 0 Å². The predicted molar refractivity (Wildman–Crippen MR) is 58.0 cm³/mol. The van der Waals surface area contributed by atoms with E-state index in [-0.39, 0.29) is 6.42 Å². The van der Waals surface area contributed by atoms with Gasteiger partial charge < -0.3 is 26.2 Å². The van der Waals surface area contributed by atoms with Gasteiger partial charge in [-0.1, -0.05) is 6.92 Å². The highest BCUT2D eigenvalue weighted by Crippen LogP contribution is 2.06. The number of carbonyl (C=O) groups is 2. The van der Waals surface area contributed by atoms with Crippen LogP contribution in [0.3, 0.4) is 0 Å². The molecular formula is C10H19NO6. The maximum atomic E-state index is 11.4. The summed E-state index contributed by atoms with van der Waals surface area (Å²) >= 11 is 0. The molecule has 0 spiro atoms. The Hall–Kier alpha value is -0.860.